The first-order valence-corrected chi connectivity index (χ1v) is 11.5. The largest absolute Gasteiger partial charge is 0.497 e. The lowest BCUT2D eigenvalue weighted by atomic mass is 10.1. The van der Waals surface area contributed by atoms with Crippen LogP contribution in [0.5, 0.6) is 17.2 Å². The number of carbonyl (C=O) groups is 1. The topological polar surface area (TPSA) is 99.3 Å². The average molecular weight is 488 g/mol. The highest BCUT2D eigenvalue weighted by Crippen LogP contribution is 2.33. The summed E-state index contributed by atoms with van der Waals surface area (Å²) in [5.41, 5.74) is 3.69. The summed E-state index contributed by atoms with van der Waals surface area (Å²) in [5.74, 6) is 1.78. The number of anilines is 1. The number of ether oxygens (including phenoxy) is 3. The van der Waals surface area contributed by atoms with Crippen molar-refractivity contribution in [1.82, 2.24) is 9.66 Å². The van der Waals surface area contributed by atoms with Gasteiger partial charge in [0.1, 0.15) is 17.2 Å². The highest BCUT2D eigenvalue weighted by molar-refractivity contribution is 7.07. The quantitative estimate of drug-likeness (QED) is 0.413. The first kappa shape index (κ1) is 22.4. The van der Waals surface area contributed by atoms with Crippen LogP contribution in [0.4, 0.5) is 11.4 Å². The van der Waals surface area contributed by atoms with Gasteiger partial charge in [-0.2, -0.15) is 5.10 Å². The summed E-state index contributed by atoms with van der Waals surface area (Å²) < 4.78 is 18.1. The summed E-state index contributed by atoms with van der Waals surface area (Å²) in [6.07, 6.45) is 5.08. The molecule has 5 rings (SSSR count). The highest BCUT2D eigenvalue weighted by atomic mass is 32.1. The molecule has 0 atom stereocenters. The molecule has 1 aliphatic heterocycles. The van der Waals surface area contributed by atoms with Crippen molar-refractivity contribution in [2.75, 3.05) is 26.1 Å². The van der Waals surface area contributed by atoms with E-state index in [-0.39, 0.29) is 12.5 Å². The minimum absolute atomic E-state index is 0.00556. The summed E-state index contributed by atoms with van der Waals surface area (Å²) in [4.78, 5) is 21.3. The van der Waals surface area contributed by atoms with Crippen LogP contribution in [0.1, 0.15) is 5.56 Å². The van der Waals surface area contributed by atoms with E-state index in [1.54, 1.807) is 37.5 Å². The predicted molar refractivity (Wildman–Crippen MR) is 134 cm³/mol. The van der Waals surface area contributed by atoms with Gasteiger partial charge in [-0.25, -0.2) is 9.67 Å². The van der Waals surface area contributed by atoms with Gasteiger partial charge >= 0.3 is 0 Å². The lowest BCUT2D eigenvalue weighted by Gasteiger charge is -2.18. The van der Waals surface area contributed by atoms with Gasteiger partial charge in [-0.05, 0) is 48.5 Å². The summed E-state index contributed by atoms with van der Waals surface area (Å²) in [6.45, 7) is 0.00556. The Hall–Kier alpha value is -4.44. The first-order chi connectivity index (χ1) is 17.1. The third-order valence-electron chi connectivity index (χ3n) is 5.21. The van der Waals surface area contributed by atoms with Gasteiger partial charge in [0.15, 0.2) is 6.61 Å². The molecule has 2 aromatic carbocycles. The summed E-state index contributed by atoms with van der Waals surface area (Å²) >= 11 is 1.44. The molecule has 0 bridgehead atoms. The maximum atomic E-state index is 11.8. The van der Waals surface area contributed by atoms with E-state index in [0.717, 1.165) is 16.8 Å². The lowest BCUT2D eigenvalue weighted by Crippen LogP contribution is -2.25. The number of aromatic nitrogens is 2. The van der Waals surface area contributed by atoms with Crippen molar-refractivity contribution in [3.8, 4) is 28.5 Å². The zero-order valence-electron chi connectivity index (χ0n) is 19.0. The molecule has 4 aromatic rings. The Morgan fingerprint density at radius 2 is 2.09 bits per heavy atom. The van der Waals surface area contributed by atoms with E-state index in [9.17, 15) is 4.79 Å². The second-order valence-electron chi connectivity index (χ2n) is 7.44. The Labute approximate surface area is 205 Å². The van der Waals surface area contributed by atoms with Crippen molar-refractivity contribution in [2.24, 2.45) is 10.1 Å². The number of hydrogen-bond donors (Lipinski definition) is 1. The Morgan fingerprint density at radius 3 is 2.89 bits per heavy atom. The Bertz CT molecular complexity index is 1480. The molecule has 10 heteroatoms. The number of carbonyl (C=O) groups excluding carboxylic acids is 1. The number of rotatable bonds is 6. The molecule has 35 heavy (non-hydrogen) atoms. The van der Waals surface area contributed by atoms with E-state index in [0.29, 0.717) is 33.4 Å². The van der Waals surface area contributed by atoms with Crippen molar-refractivity contribution in [3.63, 3.8) is 0 Å². The number of nitrogens with zero attached hydrogens (tertiary/aromatic N) is 4. The molecule has 0 spiro atoms. The van der Waals surface area contributed by atoms with Gasteiger partial charge in [-0.15, -0.1) is 11.3 Å². The number of benzene rings is 2. The molecule has 1 amide bonds. The number of methoxy groups -OCH3 is 2. The fraction of sp³-hybridized carbons (Fsp3) is 0.120. The molecular formula is C25H21N5O4S. The number of fused-ring (bicyclic) bond motifs is 1. The van der Waals surface area contributed by atoms with E-state index in [1.165, 1.54) is 11.3 Å². The van der Waals surface area contributed by atoms with Gasteiger partial charge in [0.2, 0.25) is 4.80 Å². The molecule has 1 N–H and O–H groups in total. The third-order valence-corrected chi connectivity index (χ3v) is 6.03. The van der Waals surface area contributed by atoms with Gasteiger partial charge in [0, 0.05) is 22.7 Å². The van der Waals surface area contributed by atoms with Gasteiger partial charge < -0.3 is 19.5 Å². The molecule has 0 radical (unpaired) electrons. The Kier molecular flexibility index (Phi) is 6.27. The molecule has 3 heterocycles. The molecule has 9 nitrogen and oxygen atoms in total. The Balaban J connectivity index is 1.63. The van der Waals surface area contributed by atoms with Crippen molar-refractivity contribution in [2.45, 2.75) is 0 Å². The molecular weight excluding hydrogens is 466 g/mol. The fourth-order valence-corrected chi connectivity index (χ4v) is 4.38. The zero-order valence-corrected chi connectivity index (χ0v) is 19.8. The van der Waals surface area contributed by atoms with Crippen LogP contribution < -0.4 is 24.3 Å². The monoisotopic (exact) mass is 487 g/mol. The fourth-order valence-electron chi connectivity index (χ4n) is 3.52. The Morgan fingerprint density at radius 1 is 1.17 bits per heavy atom. The molecule has 0 fully saturated rings. The zero-order chi connectivity index (χ0) is 24.2. The minimum Gasteiger partial charge on any atom is -0.497 e. The van der Waals surface area contributed by atoms with Crippen LogP contribution in [0, 0.1) is 0 Å². The number of nitrogens with one attached hydrogen (secondary N) is 1. The van der Waals surface area contributed by atoms with Gasteiger partial charge in [0.25, 0.3) is 5.91 Å². The number of pyridine rings is 1. The normalized spacial score (nSPS) is 13.3. The van der Waals surface area contributed by atoms with Crippen molar-refractivity contribution < 1.29 is 19.0 Å². The maximum Gasteiger partial charge on any atom is 0.262 e. The van der Waals surface area contributed by atoms with Crippen LogP contribution in [0.3, 0.4) is 0 Å². The SMILES string of the molecule is COc1ccc(OC)c(C=Nn2c(-c3ccc4c(c3)NC(=O)CO4)csc2=Nc2cccnc2)c1. The van der Waals surface area contributed by atoms with Gasteiger partial charge in [-0.3, -0.25) is 9.78 Å². The van der Waals surface area contributed by atoms with Crippen LogP contribution in [0.15, 0.2) is 76.4 Å². The average Bonchev–Trinajstić information content (AvgIpc) is 3.29. The van der Waals surface area contributed by atoms with E-state index in [1.807, 2.05) is 53.9 Å². The highest BCUT2D eigenvalue weighted by Gasteiger charge is 2.18. The predicted octanol–water partition coefficient (Wildman–Crippen LogP) is 4.07. The summed E-state index contributed by atoms with van der Waals surface area (Å²) in [5, 5.41) is 9.57. The van der Waals surface area contributed by atoms with E-state index in [2.05, 4.69) is 10.3 Å². The van der Waals surface area contributed by atoms with Crippen molar-refractivity contribution in [1.29, 1.82) is 0 Å². The molecule has 0 saturated carbocycles. The summed E-state index contributed by atoms with van der Waals surface area (Å²) in [6, 6.07) is 14.8. The molecule has 0 unspecified atom stereocenters. The number of amides is 1. The minimum atomic E-state index is -0.191. The second kappa shape index (κ2) is 9.82. The summed E-state index contributed by atoms with van der Waals surface area (Å²) in [7, 11) is 3.22. The lowest BCUT2D eigenvalue weighted by molar-refractivity contribution is -0.118. The van der Waals surface area contributed by atoms with Gasteiger partial charge in [0.05, 0.1) is 43.7 Å². The molecule has 0 saturated heterocycles. The number of hydrogen-bond acceptors (Lipinski definition) is 8. The van der Waals surface area contributed by atoms with Crippen LogP contribution in [0.25, 0.3) is 11.3 Å². The molecule has 176 valence electrons. The van der Waals surface area contributed by atoms with Crippen LogP contribution in [-0.4, -0.2) is 42.6 Å². The standard InChI is InChI=1S/C25H21N5O4S/c1-32-19-6-8-22(33-2)17(10-19)12-27-30-21(15-35-25(30)28-18-4-3-9-26-13-18)16-5-7-23-20(11-16)29-24(31)14-34-23/h3-13,15H,14H2,1-2H3,(H,29,31). The van der Waals surface area contributed by atoms with Crippen LogP contribution >= 0.6 is 11.3 Å². The molecule has 1 aliphatic rings. The first-order valence-electron chi connectivity index (χ1n) is 10.6. The van der Waals surface area contributed by atoms with Crippen LogP contribution in [0.2, 0.25) is 0 Å². The number of thiazole rings is 1. The van der Waals surface area contributed by atoms with E-state index in [4.69, 9.17) is 24.3 Å². The van der Waals surface area contributed by atoms with Crippen LogP contribution in [-0.2, 0) is 4.79 Å². The molecule has 0 aliphatic carbocycles. The van der Waals surface area contributed by atoms with Crippen molar-refractivity contribution in [3.05, 3.63) is 76.7 Å². The smallest absolute Gasteiger partial charge is 0.262 e. The van der Waals surface area contributed by atoms with Gasteiger partial charge in [-0.1, -0.05) is 0 Å². The maximum absolute atomic E-state index is 11.8. The van der Waals surface area contributed by atoms with E-state index >= 15 is 0 Å². The van der Waals surface area contributed by atoms with Crippen molar-refractivity contribution >= 4 is 34.8 Å². The van der Waals surface area contributed by atoms with E-state index < -0.39 is 0 Å². The third kappa shape index (κ3) is 4.78. The molecule has 2 aromatic heterocycles. The second-order valence-corrected chi connectivity index (χ2v) is 8.28.